The highest BCUT2D eigenvalue weighted by molar-refractivity contribution is 7.90. The molecule has 2 aromatic carbocycles. The van der Waals surface area contributed by atoms with Crippen LogP contribution in [0.15, 0.2) is 66.0 Å². The van der Waals surface area contributed by atoms with Crippen molar-refractivity contribution >= 4 is 27.4 Å². The summed E-state index contributed by atoms with van der Waals surface area (Å²) in [6.45, 7) is 1.85. The maximum atomic E-state index is 12.6. The number of carbonyl (C=O) groups is 1. The van der Waals surface area contributed by atoms with Crippen LogP contribution in [0.5, 0.6) is 5.75 Å². The second kappa shape index (κ2) is 7.85. The molecule has 6 nitrogen and oxygen atoms in total. The van der Waals surface area contributed by atoms with Gasteiger partial charge in [0.1, 0.15) is 5.75 Å². The first-order valence-corrected chi connectivity index (χ1v) is 9.96. The van der Waals surface area contributed by atoms with Crippen molar-refractivity contribution in [2.45, 2.75) is 17.8 Å². The van der Waals surface area contributed by atoms with E-state index in [0.29, 0.717) is 11.3 Å². The van der Waals surface area contributed by atoms with Crippen LogP contribution in [0.2, 0.25) is 5.02 Å². The van der Waals surface area contributed by atoms with Gasteiger partial charge in [-0.2, -0.15) is 0 Å². The van der Waals surface area contributed by atoms with Crippen molar-refractivity contribution in [2.24, 2.45) is 0 Å². The van der Waals surface area contributed by atoms with E-state index in [4.69, 9.17) is 16.3 Å². The molecule has 8 heteroatoms. The minimum Gasteiger partial charge on any atom is -0.422 e. The number of halogens is 1. The van der Waals surface area contributed by atoms with Crippen LogP contribution in [0, 0.1) is 6.92 Å². The minimum absolute atomic E-state index is 0.0914. The van der Waals surface area contributed by atoms with E-state index >= 15 is 0 Å². The zero-order valence-electron chi connectivity index (χ0n) is 14.3. The molecule has 0 saturated carbocycles. The molecular formula is C19H15ClN2O4S. The lowest BCUT2D eigenvalue weighted by Gasteiger charge is -2.08. The van der Waals surface area contributed by atoms with Crippen LogP contribution >= 0.6 is 11.6 Å². The standard InChI is InChI=1S/C19H15ClN2O4S/c1-13-6-5-9-15(10-13)26-18(23)17-16(20)11-21-19(22-17)27(24,25)12-14-7-3-2-4-8-14/h2-11H,12H2,1H3. The number of hydrogen-bond acceptors (Lipinski definition) is 6. The van der Waals surface area contributed by atoms with Crippen LogP contribution in [-0.4, -0.2) is 24.4 Å². The molecule has 1 aromatic heterocycles. The number of aryl methyl sites for hydroxylation is 1. The highest BCUT2D eigenvalue weighted by Crippen LogP contribution is 2.20. The SMILES string of the molecule is Cc1cccc(OC(=O)c2nc(S(=O)(=O)Cc3ccccc3)ncc2Cl)c1. The van der Waals surface area contributed by atoms with E-state index in [2.05, 4.69) is 9.97 Å². The quantitative estimate of drug-likeness (QED) is 0.368. The van der Waals surface area contributed by atoms with E-state index in [-0.39, 0.29) is 16.5 Å². The van der Waals surface area contributed by atoms with Crippen molar-refractivity contribution in [2.75, 3.05) is 0 Å². The molecule has 0 aliphatic rings. The van der Waals surface area contributed by atoms with E-state index in [1.54, 1.807) is 48.5 Å². The van der Waals surface area contributed by atoms with Crippen molar-refractivity contribution in [3.63, 3.8) is 0 Å². The number of hydrogen-bond donors (Lipinski definition) is 0. The summed E-state index contributed by atoms with van der Waals surface area (Å²) in [5.74, 6) is -0.838. The molecule has 0 unspecified atom stereocenters. The van der Waals surface area contributed by atoms with E-state index in [9.17, 15) is 13.2 Å². The van der Waals surface area contributed by atoms with Crippen molar-refractivity contribution in [1.82, 2.24) is 9.97 Å². The summed E-state index contributed by atoms with van der Waals surface area (Å²) >= 11 is 5.98. The monoisotopic (exact) mass is 402 g/mol. The Morgan fingerprint density at radius 3 is 2.56 bits per heavy atom. The summed E-state index contributed by atoms with van der Waals surface area (Å²) in [5.41, 5.74) is 1.18. The zero-order chi connectivity index (χ0) is 19.4. The Hall–Kier alpha value is -2.77. The number of sulfone groups is 1. The predicted octanol–water partition coefficient (Wildman–Crippen LogP) is 3.63. The topological polar surface area (TPSA) is 86.2 Å². The highest BCUT2D eigenvalue weighted by atomic mass is 35.5. The largest absolute Gasteiger partial charge is 0.422 e. The van der Waals surface area contributed by atoms with Crippen LogP contribution in [0.25, 0.3) is 0 Å². The normalized spacial score (nSPS) is 11.2. The number of rotatable bonds is 5. The molecular weight excluding hydrogens is 388 g/mol. The number of benzene rings is 2. The van der Waals surface area contributed by atoms with Crippen LogP contribution < -0.4 is 4.74 Å². The van der Waals surface area contributed by atoms with Gasteiger partial charge in [0.05, 0.1) is 17.0 Å². The number of ether oxygens (including phenoxy) is 1. The Morgan fingerprint density at radius 1 is 1.11 bits per heavy atom. The number of carbonyl (C=O) groups excluding carboxylic acids is 1. The Bertz CT molecular complexity index is 1090. The van der Waals surface area contributed by atoms with Crippen LogP contribution in [-0.2, 0) is 15.6 Å². The first kappa shape index (κ1) is 19.0. The second-order valence-electron chi connectivity index (χ2n) is 5.80. The zero-order valence-corrected chi connectivity index (χ0v) is 15.9. The van der Waals surface area contributed by atoms with Gasteiger partial charge in [0.15, 0.2) is 5.69 Å². The molecule has 27 heavy (non-hydrogen) atoms. The number of nitrogens with zero attached hydrogens (tertiary/aromatic N) is 2. The Labute approximate surface area is 161 Å². The van der Waals surface area contributed by atoms with Gasteiger partial charge in [-0.3, -0.25) is 0 Å². The highest BCUT2D eigenvalue weighted by Gasteiger charge is 2.24. The summed E-state index contributed by atoms with van der Waals surface area (Å²) in [6, 6.07) is 15.5. The molecule has 0 N–H and O–H groups in total. The maximum absolute atomic E-state index is 12.6. The second-order valence-corrected chi connectivity index (χ2v) is 8.09. The van der Waals surface area contributed by atoms with Crippen molar-refractivity contribution in [3.05, 3.63) is 82.6 Å². The van der Waals surface area contributed by atoms with E-state index in [1.165, 1.54) is 0 Å². The fraction of sp³-hybridized carbons (Fsp3) is 0.105. The van der Waals surface area contributed by atoms with Crippen LogP contribution in [0.3, 0.4) is 0 Å². The van der Waals surface area contributed by atoms with Gasteiger partial charge in [-0.15, -0.1) is 0 Å². The molecule has 0 spiro atoms. The number of aromatic nitrogens is 2. The average molecular weight is 403 g/mol. The molecule has 0 saturated heterocycles. The van der Waals surface area contributed by atoms with Crippen LogP contribution in [0.4, 0.5) is 0 Å². The minimum atomic E-state index is -3.85. The first-order valence-electron chi connectivity index (χ1n) is 7.93. The molecule has 0 bridgehead atoms. The Morgan fingerprint density at radius 2 is 1.85 bits per heavy atom. The van der Waals surface area contributed by atoms with E-state index in [0.717, 1.165) is 11.8 Å². The third kappa shape index (κ3) is 4.69. The summed E-state index contributed by atoms with van der Waals surface area (Å²) < 4.78 is 30.4. The van der Waals surface area contributed by atoms with Gasteiger partial charge >= 0.3 is 5.97 Å². The summed E-state index contributed by atoms with van der Waals surface area (Å²) in [4.78, 5) is 20.0. The molecule has 138 valence electrons. The molecule has 3 rings (SSSR count). The smallest absolute Gasteiger partial charge is 0.364 e. The summed E-state index contributed by atoms with van der Waals surface area (Å²) in [6.07, 6.45) is 1.08. The average Bonchev–Trinajstić information content (AvgIpc) is 2.62. The van der Waals surface area contributed by atoms with E-state index in [1.807, 2.05) is 13.0 Å². The third-order valence-corrected chi connectivity index (χ3v) is 5.34. The molecule has 0 aliphatic heterocycles. The van der Waals surface area contributed by atoms with Crippen molar-refractivity contribution in [1.29, 1.82) is 0 Å². The Balaban J connectivity index is 1.88. The summed E-state index contributed by atoms with van der Waals surface area (Å²) in [5, 5.41) is -0.571. The summed E-state index contributed by atoms with van der Waals surface area (Å²) in [7, 11) is -3.85. The van der Waals surface area contributed by atoms with Gasteiger partial charge < -0.3 is 4.74 Å². The lowest BCUT2D eigenvalue weighted by Crippen LogP contribution is -2.16. The van der Waals surface area contributed by atoms with E-state index < -0.39 is 21.0 Å². The Kier molecular flexibility index (Phi) is 5.53. The van der Waals surface area contributed by atoms with Gasteiger partial charge in [-0.25, -0.2) is 23.2 Å². The van der Waals surface area contributed by atoms with Gasteiger partial charge in [0.25, 0.3) is 0 Å². The van der Waals surface area contributed by atoms with Crippen molar-refractivity contribution < 1.29 is 17.9 Å². The van der Waals surface area contributed by atoms with Gasteiger partial charge in [-0.1, -0.05) is 54.1 Å². The molecule has 0 fully saturated rings. The molecule has 1 heterocycles. The molecule has 0 amide bonds. The molecule has 3 aromatic rings. The van der Waals surface area contributed by atoms with Gasteiger partial charge in [-0.05, 0) is 30.2 Å². The molecule has 0 aliphatic carbocycles. The fourth-order valence-corrected chi connectivity index (χ4v) is 3.71. The van der Waals surface area contributed by atoms with Gasteiger partial charge in [0, 0.05) is 0 Å². The third-order valence-electron chi connectivity index (χ3n) is 3.59. The maximum Gasteiger partial charge on any atom is 0.364 e. The van der Waals surface area contributed by atoms with Crippen LogP contribution in [0.1, 0.15) is 21.6 Å². The fourth-order valence-electron chi connectivity index (χ4n) is 2.34. The molecule has 0 atom stereocenters. The molecule has 0 radical (unpaired) electrons. The lowest BCUT2D eigenvalue weighted by atomic mass is 10.2. The first-order chi connectivity index (χ1) is 12.8. The van der Waals surface area contributed by atoms with Gasteiger partial charge in [0.2, 0.25) is 15.0 Å². The predicted molar refractivity (Wildman–Crippen MR) is 101 cm³/mol. The van der Waals surface area contributed by atoms with Crippen molar-refractivity contribution in [3.8, 4) is 5.75 Å². The number of esters is 1. The lowest BCUT2D eigenvalue weighted by molar-refractivity contribution is 0.0727.